The number of rotatable bonds is 2. The van der Waals surface area contributed by atoms with Gasteiger partial charge in [0.05, 0.1) is 17.6 Å². The molecule has 122 valence electrons. The van der Waals surface area contributed by atoms with E-state index in [1.165, 1.54) is 22.1 Å². The highest BCUT2D eigenvalue weighted by Gasteiger charge is 2.59. The molecule has 0 radical (unpaired) electrons. The van der Waals surface area contributed by atoms with Gasteiger partial charge in [-0.3, -0.25) is 14.4 Å². The minimum absolute atomic E-state index is 0.296. The predicted octanol–water partition coefficient (Wildman–Crippen LogP) is 2.30. The van der Waals surface area contributed by atoms with E-state index in [1.807, 2.05) is 6.07 Å². The molecular formula is C18H15FN2O3. The summed E-state index contributed by atoms with van der Waals surface area (Å²) in [5.41, 5.74) is 1.27. The first-order valence-corrected chi connectivity index (χ1v) is 7.66. The van der Waals surface area contributed by atoms with Gasteiger partial charge in [0.15, 0.2) is 6.10 Å². The third-order valence-electron chi connectivity index (χ3n) is 4.53. The van der Waals surface area contributed by atoms with Crippen LogP contribution in [0.1, 0.15) is 11.6 Å². The summed E-state index contributed by atoms with van der Waals surface area (Å²) in [5.74, 6) is -1.66. The quantitative estimate of drug-likeness (QED) is 0.795. The zero-order chi connectivity index (χ0) is 16.8. The molecule has 0 aromatic heterocycles. The van der Waals surface area contributed by atoms with Crippen molar-refractivity contribution in [3.8, 4) is 0 Å². The fourth-order valence-electron chi connectivity index (χ4n) is 3.46. The average molecular weight is 326 g/mol. The second-order valence-electron chi connectivity index (χ2n) is 5.94. The van der Waals surface area contributed by atoms with Crippen LogP contribution in [0.5, 0.6) is 0 Å². The zero-order valence-corrected chi connectivity index (χ0v) is 12.9. The number of hydrogen-bond donors (Lipinski definition) is 0. The molecule has 5 nitrogen and oxygen atoms in total. The molecule has 24 heavy (non-hydrogen) atoms. The number of carbonyl (C=O) groups is 2. The van der Waals surface area contributed by atoms with Crippen molar-refractivity contribution in [3.63, 3.8) is 0 Å². The molecule has 0 bridgehead atoms. The van der Waals surface area contributed by atoms with E-state index in [2.05, 4.69) is 0 Å². The fourth-order valence-corrected chi connectivity index (χ4v) is 3.46. The maximum absolute atomic E-state index is 13.2. The Morgan fingerprint density at radius 1 is 0.958 bits per heavy atom. The number of imide groups is 1. The molecule has 0 saturated carbocycles. The van der Waals surface area contributed by atoms with Crippen LogP contribution in [0, 0.1) is 11.7 Å². The van der Waals surface area contributed by atoms with Crippen LogP contribution in [-0.4, -0.2) is 30.0 Å². The zero-order valence-electron chi connectivity index (χ0n) is 12.9. The summed E-state index contributed by atoms with van der Waals surface area (Å²) < 4.78 is 13.2. The van der Waals surface area contributed by atoms with E-state index < -0.39 is 18.1 Å². The summed E-state index contributed by atoms with van der Waals surface area (Å²) >= 11 is 0. The maximum atomic E-state index is 13.2. The monoisotopic (exact) mass is 326 g/mol. The molecule has 0 aliphatic carbocycles. The van der Waals surface area contributed by atoms with E-state index in [0.29, 0.717) is 5.69 Å². The third kappa shape index (κ3) is 2.15. The SMILES string of the molecule is CN1O[C@@H]2C(=O)N(c3ccccc3)C(=O)[C@@H]2[C@H]1c1ccc(F)cc1. The Morgan fingerprint density at radius 2 is 1.62 bits per heavy atom. The van der Waals surface area contributed by atoms with E-state index in [4.69, 9.17) is 4.84 Å². The molecule has 2 aliphatic rings. The molecule has 2 aromatic carbocycles. The summed E-state index contributed by atoms with van der Waals surface area (Å²) in [4.78, 5) is 32.4. The highest BCUT2D eigenvalue weighted by atomic mass is 19.1. The van der Waals surface area contributed by atoms with Crippen LogP contribution in [0.4, 0.5) is 10.1 Å². The molecule has 2 fully saturated rings. The first-order valence-electron chi connectivity index (χ1n) is 7.66. The molecule has 0 unspecified atom stereocenters. The van der Waals surface area contributed by atoms with Gasteiger partial charge in [0.25, 0.3) is 5.91 Å². The Balaban J connectivity index is 1.72. The number of nitrogens with zero attached hydrogens (tertiary/aromatic N) is 2. The minimum Gasteiger partial charge on any atom is -0.284 e. The molecule has 4 rings (SSSR count). The van der Waals surface area contributed by atoms with Crippen LogP contribution in [0.25, 0.3) is 0 Å². The van der Waals surface area contributed by atoms with Gasteiger partial charge >= 0.3 is 0 Å². The number of benzene rings is 2. The fraction of sp³-hybridized carbons (Fsp3) is 0.222. The van der Waals surface area contributed by atoms with Gasteiger partial charge in [-0.1, -0.05) is 30.3 Å². The van der Waals surface area contributed by atoms with Crippen LogP contribution in [0.2, 0.25) is 0 Å². The first kappa shape index (κ1) is 15.0. The van der Waals surface area contributed by atoms with Crippen LogP contribution in [-0.2, 0) is 14.4 Å². The van der Waals surface area contributed by atoms with Gasteiger partial charge < -0.3 is 0 Å². The largest absolute Gasteiger partial charge is 0.284 e. The summed E-state index contributed by atoms with van der Waals surface area (Å²) in [6.07, 6.45) is -0.849. The van der Waals surface area contributed by atoms with E-state index in [9.17, 15) is 14.0 Å². The van der Waals surface area contributed by atoms with Crippen molar-refractivity contribution in [1.82, 2.24) is 5.06 Å². The van der Waals surface area contributed by atoms with E-state index in [0.717, 1.165) is 5.56 Å². The summed E-state index contributed by atoms with van der Waals surface area (Å²) in [6.45, 7) is 0. The van der Waals surface area contributed by atoms with Crippen LogP contribution < -0.4 is 4.90 Å². The topological polar surface area (TPSA) is 49.9 Å². The lowest BCUT2D eigenvalue weighted by Gasteiger charge is -2.24. The first-order chi connectivity index (χ1) is 11.6. The lowest BCUT2D eigenvalue weighted by molar-refractivity contribution is -0.160. The third-order valence-corrected chi connectivity index (χ3v) is 4.53. The summed E-state index contributed by atoms with van der Waals surface area (Å²) in [6, 6.07) is 14.3. The lowest BCUT2D eigenvalue weighted by Crippen LogP contribution is -2.36. The number of fused-ring (bicyclic) bond motifs is 1. The van der Waals surface area contributed by atoms with Crippen molar-refractivity contribution < 1.29 is 18.8 Å². The molecule has 2 aromatic rings. The van der Waals surface area contributed by atoms with Crippen molar-refractivity contribution >= 4 is 17.5 Å². The lowest BCUT2D eigenvalue weighted by atomic mass is 9.91. The van der Waals surface area contributed by atoms with E-state index in [-0.39, 0.29) is 17.6 Å². The van der Waals surface area contributed by atoms with Crippen molar-refractivity contribution in [3.05, 3.63) is 66.0 Å². The Kier molecular flexibility index (Phi) is 3.44. The minimum atomic E-state index is -0.849. The molecule has 2 aliphatic heterocycles. The summed E-state index contributed by atoms with van der Waals surface area (Å²) in [5, 5.41) is 1.51. The van der Waals surface area contributed by atoms with Crippen LogP contribution >= 0.6 is 0 Å². The number of hydrogen-bond acceptors (Lipinski definition) is 4. The van der Waals surface area contributed by atoms with Crippen LogP contribution in [0.3, 0.4) is 0 Å². The molecule has 2 heterocycles. The normalized spacial score (nSPS) is 26.9. The highest BCUT2D eigenvalue weighted by molar-refractivity contribution is 6.23. The standard InChI is InChI=1S/C18H15FN2O3/c1-20-15(11-7-9-12(19)10-8-11)14-16(24-20)18(23)21(17(14)22)13-5-3-2-4-6-13/h2-10,14-16H,1H3/t14-,15-,16+/m1/s1. The second-order valence-corrected chi connectivity index (χ2v) is 5.94. The average Bonchev–Trinajstić information content (AvgIpc) is 3.04. The molecule has 3 atom stereocenters. The van der Waals surface area contributed by atoms with Gasteiger partial charge in [-0.15, -0.1) is 0 Å². The number of anilines is 1. The smallest absolute Gasteiger partial charge is 0.265 e. The Morgan fingerprint density at radius 3 is 2.29 bits per heavy atom. The van der Waals surface area contributed by atoms with Gasteiger partial charge in [-0.25, -0.2) is 9.29 Å². The van der Waals surface area contributed by atoms with Crippen LogP contribution in [0.15, 0.2) is 54.6 Å². The van der Waals surface area contributed by atoms with E-state index in [1.54, 1.807) is 43.4 Å². The van der Waals surface area contributed by atoms with Gasteiger partial charge in [0.1, 0.15) is 5.82 Å². The number of carbonyl (C=O) groups excluding carboxylic acids is 2. The summed E-state index contributed by atoms with van der Waals surface area (Å²) in [7, 11) is 1.68. The Hall–Kier alpha value is -2.57. The molecule has 0 spiro atoms. The van der Waals surface area contributed by atoms with Crippen molar-refractivity contribution in [2.24, 2.45) is 5.92 Å². The molecule has 2 amide bonds. The number of amides is 2. The molecule has 6 heteroatoms. The molecule has 2 saturated heterocycles. The van der Waals surface area contributed by atoms with Crippen molar-refractivity contribution in [1.29, 1.82) is 0 Å². The predicted molar refractivity (Wildman–Crippen MR) is 84.2 cm³/mol. The van der Waals surface area contributed by atoms with Gasteiger partial charge in [-0.2, -0.15) is 5.06 Å². The Labute approximate surface area is 138 Å². The van der Waals surface area contributed by atoms with Crippen molar-refractivity contribution in [2.75, 3.05) is 11.9 Å². The Bertz CT molecular complexity index is 794. The number of hydroxylamine groups is 2. The maximum Gasteiger partial charge on any atom is 0.265 e. The number of halogens is 1. The van der Waals surface area contributed by atoms with Gasteiger partial charge in [0.2, 0.25) is 5.91 Å². The second kappa shape index (κ2) is 5.51. The highest BCUT2D eigenvalue weighted by Crippen LogP contribution is 2.44. The molecule has 0 N–H and O–H groups in total. The van der Waals surface area contributed by atoms with E-state index >= 15 is 0 Å². The van der Waals surface area contributed by atoms with Gasteiger partial charge in [0, 0.05) is 7.05 Å². The van der Waals surface area contributed by atoms with Crippen molar-refractivity contribution in [2.45, 2.75) is 12.1 Å². The van der Waals surface area contributed by atoms with Gasteiger partial charge in [-0.05, 0) is 29.8 Å². The molecular weight excluding hydrogens is 311 g/mol. The number of para-hydroxylation sites is 1.